The summed E-state index contributed by atoms with van der Waals surface area (Å²) in [5.41, 5.74) is 1.68. The maximum Gasteiger partial charge on any atom is 0.416 e. The van der Waals surface area contributed by atoms with Crippen molar-refractivity contribution in [3.8, 4) is 11.3 Å². The highest BCUT2D eigenvalue weighted by atomic mass is 19.4. The maximum absolute atomic E-state index is 13.2. The second-order valence-electron chi connectivity index (χ2n) is 12.1. The lowest BCUT2D eigenvalue weighted by Gasteiger charge is -2.52. The van der Waals surface area contributed by atoms with Crippen LogP contribution in [0.2, 0.25) is 0 Å². The first kappa shape index (κ1) is 28.2. The largest absolute Gasteiger partial charge is 0.416 e. The molecule has 0 bridgehead atoms. The minimum atomic E-state index is -4.38. The lowest BCUT2D eigenvalue weighted by atomic mass is 9.71. The number of likely N-dealkylation sites (tertiary alicyclic amines) is 2. The lowest BCUT2D eigenvalue weighted by molar-refractivity contribution is -0.137. The molecule has 2 saturated heterocycles. The standard InChI is InChI=1S/C30H34F3N5O2/c1-28(2,3)17-37-18-29(19-37)20-38(27(39)26-13-34-11-12-35-26)14-23(29)15-40-16-24-5-4-6-25(36-24)21-7-9-22(10-8-21)30(31,32)33/h4-13,23H,14-20H2,1-3H3/t23-/m0/s1. The zero-order valence-corrected chi connectivity index (χ0v) is 23.0. The van der Waals surface area contributed by atoms with E-state index < -0.39 is 11.7 Å². The molecule has 7 nitrogen and oxygen atoms in total. The summed E-state index contributed by atoms with van der Waals surface area (Å²) >= 11 is 0. The minimum Gasteiger partial charge on any atom is -0.375 e. The van der Waals surface area contributed by atoms with Gasteiger partial charge in [0.2, 0.25) is 0 Å². The predicted octanol–water partition coefficient (Wildman–Crippen LogP) is 5.19. The fraction of sp³-hybridized carbons (Fsp3) is 0.467. The Morgan fingerprint density at radius 2 is 1.80 bits per heavy atom. The Balaban J connectivity index is 1.24. The van der Waals surface area contributed by atoms with Gasteiger partial charge in [-0.2, -0.15) is 13.2 Å². The SMILES string of the molecule is CC(C)(C)CN1CC2(C1)CN(C(=O)c1cnccn1)C[C@H]2COCc1cccc(-c2ccc(C(F)(F)F)cc2)n1. The van der Waals surface area contributed by atoms with Crippen LogP contribution in [0, 0.1) is 16.7 Å². The number of pyridine rings is 1. The van der Waals surface area contributed by atoms with Crippen LogP contribution in [0.25, 0.3) is 11.3 Å². The summed E-state index contributed by atoms with van der Waals surface area (Å²) in [7, 11) is 0. The van der Waals surface area contributed by atoms with Crippen LogP contribution < -0.4 is 0 Å². The molecule has 2 fully saturated rings. The maximum atomic E-state index is 13.2. The van der Waals surface area contributed by atoms with E-state index in [9.17, 15) is 18.0 Å². The summed E-state index contributed by atoms with van der Waals surface area (Å²) in [5, 5.41) is 0. The lowest BCUT2D eigenvalue weighted by Crippen LogP contribution is -2.62. The van der Waals surface area contributed by atoms with E-state index in [0.717, 1.165) is 31.8 Å². The number of hydrogen-bond acceptors (Lipinski definition) is 6. The monoisotopic (exact) mass is 553 g/mol. The van der Waals surface area contributed by atoms with E-state index >= 15 is 0 Å². The average Bonchev–Trinajstić information content (AvgIpc) is 3.27. The third-order valence-corrected chi connectivity index (χ3v) is 7.54. The number of ether oxygens (including phenoxy) is 1. The molecule has 0 saturated carbocycles. The van der Waals surface area contributed by atoms with Crippen molar-refractivity contribution >= 4 is 5.91 Å². The number of carbonyl (C=O) groups is 1. The molecule has 1 atom stereocenters. The van der Waals surface area contributed by atoms with Crippen molar-refractivity contribution in [2.45, 2.75) is 33.6 Å². The highest BCUT2D eigenvalue weighted by Gasteiger charge is 2.55. The molecule has 10 heteroatoms. The third kappa shape index (κ3) is 6.33. The van der Waals surface area contributed by atoms with Crippen LogP contribution in [-0.2, 0) is 17.5 Å². The summed E-state index contributed by atoms with van der Waals surface area (Å²) in [6.45, 7) is 11.4. The number of halogens is 3. The smallest absolute Gasteiger partial charge is 0.375 e. The molecule has 0 unspecified atom stereocenters. The molecule has 40 heavy (non-hydrogen) atoms. The Morgan fingerprint density at radius 3 is 2.45 bits per heavy atom. The van der Waals surface area contributed by atoms with Crippen molar-refractivity contribution in [1.29, 1.82) is 0 Å². The fourth-order valence-corrected chi connectivity index (χ4v) is 5.83. The Morgan fingerprint density at radius 1 is 1.05 bits per heavy atom. The Bertz CT molecular complexity index is 1320. The molecule has 212 valence electrons. The molecule has 1 amide bonds. The molecule has 3 aromatic rings. The van der Waals surface area contributed by atoms with E-state index in [-0.39, 0.29) is 29.3 Å². The topological polar surface area (TPSA) is 71.5 Å². The molecule has 4 heterocycles. The van der Waals surface area contributed by atoms with Crippen molar-refractivity contribution < 1.29 is 22.7 Å². The zero-order valence-electron chi connectivity index (χ0n) is 23.0. The number of carbonyl (C=O) groups excluding carboxylic acids is 1. The van der Waals surface area contributed by atoms with Gasteiger partial charge in [0.25, 0.3) is 5.91 Å². The zero-order chi connectivity index (χ0) is 28.5. The number of aromatic nitrogens is 3. The summed E-state index contributed by atoms with van der Waals surface area (Å²) in [4.78, 5) is 30.3. The molecule has 1 aromatic carbocycles. The summed E-state index contributed by atoms with van der Waals surface area (Å²) in [6.07, 6.45) is 0.203. The Hall–Kier alpha value is -3.37. The minimum absolute atomic E-state index is 0.0430. The van der Waals surface area contributed by atoms with Crippen molar-refractivity contribution in [3.05, 3.63) is 78.0 Å². The van der Waals surface area contributed by atoms with Gasteiger partial charge in [-0.05, 0) is 29.7 Å². The van der Waals surface area contributed by atoms with Crippen LogP contribution in [0.5, 0.6) is 0 Å². The van der Waals surface area contributed by atoms with Gasteiger partial charge in [0, 0.05) is 62.0 Å². The van der Waals surface area contributed by atoms with Crippen LogP contribution in [0.4, 0.5) is 13.2 Å². The van der Waals surface area contributed by atoms with Crippen molar-refractivity contribution in [2.24, 2.45) is 16.7 Å². The van der Waals surface area contributed by atoms with Gasteiger partial charge in [-0.15, -0.1) is 0 Å². The van der Waals surface area contributed by atoms with Gasteiger partial charge in [0.15, 0.2) is 0 Å². The molecule has 5 rings (SSSR count). The molecular formula is C30H34F3N5O2. The molecule has 2 aliphatic rings. The molecule has 2 aliphatic heterocycles. The molecule has 0 aliphatic carbocycles. The highest BCUT2D eigenvalue weighted by Crippen LogP contribution is 2.45. The van der Waals surface area contributed by atoms with Crippen molar-refractivity contribution in [1.82, 2.24) is 24.8 Å². The first-order chi connectivity index (χ1) is 18.9. The van der Waals surface area contributed by atoms with Crippen LogP contribution >= 0.6 is 0 Å². The normalized spacial score (nSPS) is 19.1. The Kier molecular flexibility index (Phi) is 7.67. The number of alkyl halides is 3. The molecule has 0 N–H and O–H groups in total. The second-order valence-corrected chi connectivity index (χ2v) is 12.1. The van der Waals surface area contributed by atoms with Crippen molar-refractivity contribution in [2.75, 3.05) is 39.3 Å². The van der Waals surface area contributed by atoms with Gasteiger partial charge in [0.1, 0.15) is 5.69 Å². The third-order valence-electron chi connectivity index (χ3n) is 7.54. The number of benzene rings is 1. The van der Waals surface area contributed by atoms with Gasteiger partial charge in [-0.1, -0.05) is 39.0 Å². The van der Waals surface area contributed by atoms with Crippen LogP contribution in [0.1, 0.15) is 42.5 Å². The van der Waals surface area contributed by atoms with Crippen LogP contribution in [0.3, 0.4) is 0 Å². The highest BCUT2D eigenvalue weighted by molar-refractivity contribution is 5.92. The van der Waals surface area contributed by atoms with Crippen LogP contribution in [-0.4, -0.2) is 70.0 Å². The van der Waals surface area contributed by atoms with Crippen LogP contribution in [0.15, 0.2) is 61.1 Å². The van der Waals surface area contributed by atoms with Crippen molar-refractivity contribution in [3.63, 3.8) is 0 Å². The van der Waals surface area contributed by atoms with Gasteiger partial charge in [-0.3, -0.25) is 14.8 Å². The number of hydrogen-bond donors (Lipinski definition) is 0. The molecular weight excluding hydrogens is 519 g/mol. The summed E-state index contributed by atoms with van der Waals surface area (Å²) in [5.74, 6) is 0.0394. The Labute approximate surface area is 232 Å². The predicted molar refractivity (Wildman–Crippen MR) is 144 cm³/mol. The second kappa shape index (κ2) is 10.9. The molecule has 1 spiro atoms. The number of amides is 1. The van der Waals surface area contributed by atoms with E-state index in [0.29, 0.717) is 42.3 Å². The molecule has 0 radical (unpaired) electrons. The van der Waals surface area contributed by atoms with E-state index in [1.54, 1.807) is 12.3 Å². The van der Waals surface area contributed by atoms with Gasteiger partial charge in [-0.25, -0.2) is 4.98 Å². The van der Waals surface area contributed by atoms with Gasteiger partial charge in [0.05, 0.1) is 36.4 Å². The van der Waals surface area contributed by atoms with Gasteiger partial charge < -0.3 is 14.5 Å². The van der Waals surface area contributed by atoms with E-state index in [4.69, 9.17) is 4.74 Å². The number of nitrogens with zero attached hydrogens (tertiary/aromatic N) is 5. The fourth-order valence-electron chi connectivity index (χ4n) is 5.83. The first-order valence-electron chi connectivity index (χ1n) is 13.4. The quantitative estimate of drug-likeness (QED) is 0.401. The number of rotatable bonds is 7. The van der Waals surface area contributed by atoms with E-state index in [1.165, 1.54) is 24.5 Å². The molecule has 2 aromatic heterocycles. The summed E-state index contributed by atoms with van der Waals surface area (Å²) in [6, 6.07) is 10.4. The summed E-state index contributed by atoms with van der Waals surface area (Å²) < 4.78 is 44.9. The van der Waals surface area contributed by atoms with E-state index in [1.807, 2.05) is 17.0 Å². The average molecular weight is 554 g/mol. The first-order valence-corrected chi connectivity index (χ1v) is 13.4. The van der Waals surface area contributed by atoms with E-state index in [2.05, 4.69) is 40.6 Å². The van der Waals surface area contributed by atoms with Gasteiger partial charge >= 0.3 is 6.18 Å².